The molecule has 0 radical (unpaired) electrons. The van der Waals surface area contributed by atoms with Crippen LogP contribution >= 0.6 is 0 Å². The molecule has 1 aromatic carbocycles. The predicted molar refractivity (Wildman–Crippen MR) is 85.0 cm³/mol. The molecule has 6 nitrogen and oxygen atoms in total. The van der Waals surface area contributed by atoms with Gasteiger partial charge in [0.2, 0.25) is 15.9 Å². The molecule has 0 saturated carbocycles. The third kappa shape index (κ3) is 4.53. The van der Waals surface area contributed by atoms with E-state index in [-0.39, 0.29) is 30.7 Å². The second-order valence-corrected chi connectivity index (χ2v) is 7.45. The SMILES string of the molecule is COCCS(=O)(=O)N1CCCC(C(=O)Nc2ccccc2)C1. The monoisotopic (exact) mass is 326 g/mol. The van der Waals surface area contributed by atoms with Gasteiger partial charge in [0.15, 0.2) is 0 Å². The van der Waals surface area contributed by atoms with Crippen LogP contribution < -0.4 is 5.32 Å². The third-order valence-corrected chi connectivity index (χ3v) is 5.54. The van der Waals surface area contributed by atoms with Crippen LogP contribution in [0.2, 0.25) is 0 Å². The Labute approximate surface area is 131 Å². The fourth-order valence-electron chi connectivity index (χ4n) is 2.49. The third-order valence-electron chi connectivity index (χ3n) is 3.74. The van der Waals surface area contributed by atoms with E-state index in [1.807, 2.05) is 30.3 Å². The normalized spacial score (nSPS) is 19.8. The number of anilines is 1. The first kappa shape index (κ1) is 16.9. The van der Waals surface area contributed by atoms with Gasteiger partial charge in [-0.15, -0.1) is 0 Å². The number of rotatable bonds is 6. The topological polar surface area (TPSA) is 75.7 Å². The highest BCUT2D eigenvalue weighted by atomic mass is 32.2. The van der Waals surface area contributed by atoms with Crippen LogP contribution in [0.4, 0.5) is 5.69 Å². The van der Waals surface area contributed by atoms with E-state index in [0.29, 0.717) is 19.4 Å². The largest absolute Gasteiger partial charge is 0.384 e. The number of para-hydroxylation sites is 1. The number of ether oxygens (including phenoxy) is 1. The lowest BCUT2D eigenvalue weighted by atomic mass is 9.99. The second-order valence-electron chi connectivity index (χ2n) is 5.36. The van der Waals surface area contributed by atoms with E-state index in [0.717, 1.165) is 5.69 Å². The summed E-state index contributed by atoms with van der Waals surface area (Å²) in [5.41, 5.74) is 0.729. The van der Waals surface area contributed by atoms with Crippen molar-refractivity contribution in [2.24, 2.45) is 5.92 Å². The summed E-state index contributed by atoms with van der Waals surface area (Å²) in [4.78, 5) is 12.3. The quantitative estimate of drug-likeness (QED) is 0.855. The van der Waals surface area contributed by atoms with E-state index >= 15 is 0 Å². The van der Waals surface area contributed by atoms with Gasteiger partial charge in [0.25, 0.3) is 0 Å². The van der Waals surface area contributed by atoms with E-state index < -0.39 is 10.0 Å². The molecule has 2 rings (SSSR count). The number of nitrogens with zero attached hydrogens (tertiary/aromatic N) is 1. The van der Waals surface area contributed by atoms with Crippen LogP contribution in [0, 0.1) is 5.92 Å². The van der Waals surface area contributed by atoms with Gasteiger partial charge in [0.1, 0.15) is 0 Å². The molecular formula is C15H22N2O4S. The summed E-state index contributed by atoms with van der Waals surface area (Å²) < 4.78 is 30.6. The molecule has 1 saturated heterocycles. The highest BCUT2D eigenvalue weighted by Gasteiger charge is 2.32. The fraction of sp³-hybridized carbons (Fsp3) is 0.533. The van der Waals surface area contributed by atoms with Gasteiger partial charge in [-0.2, -0.15) is 0 Å². The molecule has 22 heavy (non-hydrogen) atoms. The molecule has 1 N–H and O–H groups in total. The highest BCUT2D eigenvalue weighted by molar-refractivity contribution is 7.89. The fourth-order valence-corrected chi connectivity index (χ4v) is 3.94. The van der Waals surface area contributed by atoms with Gasteiger partial charge >= 0.3 is 0 Å². The lowest BCUT2D eigenvalue weighted by molar-refractivity contribution is -0.120. The summed E-state index contributed by atoms with van der Waals surface area (Å²) in [6, 6.07) is 9.19. The summed E-state index contributed by atoms with van der Waals surface area (Å²) in [6.07, 6.45) is 1.40. The zero-order chi connectivity index (χ0) is 16.0. The van der Waals surface area contributed by atoms with Gasteiger partial charge in [-0.25, -0.2) is 12.7 Å². The Morgan fingerprint density at radius 2 is 2.09 bits per heavy atom. The Balaban J connectivity index is 1.96. The van der Waals surface area contributed by atoms with Gasteiger partial charge in [-0.3, -0.25) is 4.79 Å². The molecule has 1 unspecified atom stereocenters. The number of carbonyl (C=O) groups excluding carboxylic acids is 1. The molecule has 0 spiro atoms. The predicted octanol–water partition coefficient (Wildman–Crippen LogP) is 1.31. The number of nitrogens with one attached hydrogen (secondary N) is 1. The Morgan fingerprint density at radius 3 is 2.77 bits per heavy atom. The average Bonchev–Trinajstić information content (AvgIpc) is 2.54. The minimum atomic E-state index is -3.36. The molecule has 1 atom stereocenters. The number of amides is 1. The van der Waals surface area contributed by atoms with Crippen molar-refractivity contribution in [1.29, 1.82) is 0 Å². The molecule has 0 aliphatic carbocycles. The summed E-state index contributed by atoms with van der Waals surface area (Å²) in [6.45, 7) is 0.881. The molecule has 122 valence electrons. The number of hydrogen-bond acceptors (Lipinski definition) is 4. The maximum absolute atomic E-state index is 12.3. The van der Waals surface area contributed by atoms with Crippen LogP contribution in [-0.4, -0.2) is 51.2 Å². The van der Waals surface area contributed by atoms with Crippen molar-refractivity contribution in [2.45, 2.75) is 12.8 Å². The maximum atomic E-state index is 12.3. The van der Waals surface area contributed by atoms with Gasteiger partial charge in [-0.05, 0) is 25.0 Å². The Bertz CT molecular complexity index is 589. The molecule has 1 aliphatic rings. The zero-order valence-electron chi connectivity index (χ0n) is 12.7. The molecule has 1 aliphatic heterocycles. The summed E-state index contributed by atoms with van der Waals surface area (Å²) >= 11 is 0. The standard InChI is InChI=1S/C15H22N2O4S/c1-21-10-11-22(19,20)17-9-5-6-13(12-17)15(18)16-14-7-3-2-4-8-14/h2-4,7-8,13H,5-6,9-12H2,1H3,(H,16,18). The summed E-state index contributed by atoms with van der Waals surface area (Å²) in [5, 5.41) is 2.84. The van der Waals surface area contributed by atoms with Gasteiger partial charge in [0.05, 0.1) is 18.3 Å². The molecule has 1 aromatic rings. The Morgan fingerprint density at radius 1 is 1.36 bits per heavy atom. The average molecular weight is 326 g/mol. The molecule has 1 amide bonds. The van der Waals surface area contributed by atoms with Crippen molar-refractivity contribution >= 4 is 21.6 Å². The second kappa shape index (κ2) is 7.71. The van der Waals surface area contributed by atoms with E-state index in [9.17, 15) is 13.2 Å². The zero-order valence-corrected chi connectivity index (χ0v) is 13.5. The molecule has 1 fully saturated rings. The van der Waals surface area contributed by atoms with E-state index in [1.54, 1.807) is 0 Å². The number of hydrogen-bond donors (Lipinski definition) is 1. The number of carbonyl (C=O) groups is 1. The van der Waals surface area contributed by atoms with Crippen molar-refractivity contribution in [3.63, 3.8) is 0 Å². The number of methoxy groups -OCH3 is 1. The lowest BCUT2D eigenvalue weighted by Gasteiger charge is -2.31. The number of sulfonamides is 1. The first-order valence-corrected chi connectivity index (χ1v) is 8.96. The van der Waals surface area contributed by atoms with E-state index in [2.05, 4.69) is 5.32 Å². The Hall–Kier alpha value is -1.44. The first-order valence-electron chi connectivity index (χ1n) is 7.35. The molecule has 0 aromatic heterocycles. The van der Waals surface area contributed by atoms with Crippen molar-refractivity contribution in [3.05, 3.63) is 30.3 Å². The summed E-state index contributed by atoms with van der Waals surface area (Å²) in [5.74, 6) is -0.486. The van der Waals surface area contributed by atoms with Gasteiger partial charge in [-0.1, -0.05) is 18.2 Å². The van der Waals surface area contributed by atoms with Crippen LogP contribution in [0.1, 0.15) is 12.8 Å². The van der Waals surface area contributed by atoms with Crippen LogP contribution in [0.3, 0.4) is 0 Å². The maximum Gasteiger partial charge on any atom is 0.228 e. The number of piperidine rings is 1. The van der Waals surface area contributed by atoms with Crippen molar-refractivity contribution in [2.75, 3.05) is 37.9 Å². The van der Waals surface area contributed by atoms with E-state index in [4.69, 9.17) is 4.74 Å². The minimum Gasteiger partial charge on any atom is -0.384 e. The van der Waals surface area contributed by atoms with E-state index in [1.165, 1.54) is 11.4 Å². The van der Waals surface area contributed by atoms with Gasteiger partial charge in [0, 0.05) is 25.9 Å². The molecule has 0 bridgehead atoms. The smallest absolute Gasteiger partial charge is 0.228 e. The Kier molecular flexibility index (Phi) is 5.93. The van der Waals surface area contributed by atoms with Crippen molar-refractivity contribution in [1.82, 2.24) is 4.31 Å². The van der Waals surface area contributed by atoms with Gasteiger partial charge < -0.3 is 10.1 Å². The molecule has 1 heterocycles. The van der Waals surface area contributed by atoms with Crippen LogP contribution in [0.25, 0.3) is 0 Å². The molecular weight excluding hydrogens is 304 g/mol. The van der Waals surface area contributed by atoms with Crippen molar-refractivity contribution < 1.29 is 17.9 Å². The van der Waals surface area contributed by atoms with Crippen molar-refractivity contribution in [3.8, 4) is 0 Å². The number of benzene rings is 1. The molecule has 7 heteroatoms. The minimum absolute atomic E-state index is 0.0451. The first-order chi connectivity index (χ1) is 10.5. The van der Waals surface area contributed by atoms with Crippen LogP contribution in [0.15, 0.2) is 30.3 Å². The van der Waals surface area contributed by atoms with Crippen LogP contribution in [-0.2, 0) is 19.6 Å². The highest BCUT2D eigenvalue weighted by Crippen LogP contribution is 2.21. The lowest BCUT2D eigenvalue weighted by Crippen LogP contribution is -2.45. The summed E-state index contributed by atoms with van der Waals surface area (Å²) in [7, 11) is -1.88. The van der Waals surface area contributed by atoms with Crippen LogP contribution in [0.5, 0.6) is 0 Å².